The van der Waals surface area contributed by atoms with Gasteiger partial charge in [-0.25, -0.2) is 0 Å². The van der Waals surface area contributed by atoms with Gasteiger partial charge < -0.3 is 20.6 Å². The molecule has 3 N–H and O–H groups in total. The quantitative estimate of drug-likeness (QED) is 0.248. The number of thiophene rings is 1. The van der Waals surface area contributed by atoms with E-state index in [1.165, 1.54) is 11.3 Å². The molecule has 31 heavy (non-hydrogen) atoms. The van der Waals surface area contributed by atoms with E-state index in [2.05, 4.69) is 26.6 Å². The number of likely N-dealkylation sites (tertiary alicyclic amines) is 1. The third-order valence-electron chi connectivity index (χ3n) is 5.03. The molecule has 1 atom stereocenters. The monoisotopic (exact) mass is 619 g/mol. The third-order valence-corrected chi connectivity index (χ3v) is 7.95. The van der Waals surface area contributed by atoms with Gasteiger partial charge in [0.25, 0.3) is 17.7 Å². The van der Waals surface area contributed by atoms with Crippen molar-refractivity contribution < 1.29 is 19.5 Å². The van der Waals surface area contributed by atoms with E-state index in [-0.39, 0.29) is 18.9 Å². The number of nitrogens with zero attached hydrogens (tertiary/aromatic N) is 1. The number of aliphatic hydroxyl groups excluding tert-OH is 1. The van der Waals surface area contributed by atoms with E-state index in [1.54, 1.807) is 30.3 Å². The van der Waals surface area contributed by atoms with Crippen molar-refractivity contribution in [3.8, 4) is 0 Å². The van der Waals surface area contributed by atoms with Gasteiger partial charge in [0.05, 0.1) is 8.66 Å². The fourth-order valence-corrected chi connectivity index (χ4v) is 5.27. The van der Waals surface area contributed by atoms with Crippen LogP contribution in [-0.4, -0.2) is 51.0 Å². The van der Waals surface area contributed by atoms with E-state index in [9.17, 15) is 19.5 Å². The summed E-state index contributed by atoms with van der Waals surface area (Å²) in [5, 5.41) is 15.0. The number of nitrogens with one attached hydrogen (secondary N) is 2. The van der Waals surface area contributed by atoms with Crippen LogP contribution in [0.2, 0.25) is 0 Å². The molecule has 0 radical (unpaired) electrons. The van der Waals surface area contributed by atoms with Crippen LogP contribution in [0, 0.1) is 6.92 Å². The number of carbonyl (C=O) groups is 3. The number of rotatable bonds is 7. The first-order valence-electron chi connectivity index (χ1n) is 9.82. The molecule has 166 valence electrons. The second-order valence-corrected chi connectivity index (χ2v) is 11.6. The predicted octanol–water partition coefficient (Wildman–Crippen LogP) is 3.94. The fraction of sp³-hybridized carbons (Fsp3) is 0.381. The molecule has 0 spiro atoms. The zero-order chi connectivity index (χ0) is 22.6. The van der Waals surface area contributed by atoms with Gasteiger partial charge in [-0.2, -0.15) is 0 Å². The van der Waals surface area contributed by atoms with Crippen molar-refractivity contribution in [3.05, 3.63) is 50.1 Å². The highest BCUT2D eigenvalue weighted by atomic mass is 127. The topological polar surface area (TPSA) is 98.7 Å². The summed E-state index contributed by atoms with van der Waals surface area (Å²) in [6, 6.07) is 8.57. The maximum absolute atomic E-state index is 13.0. The Hall–Kier alpha value is -1.50. The molecule has 10 heteroatoms. The first-order chi connectivity index (χ1) is 14.7. The van der Waals surface area contributed by atoms with E-state index in [0.717, 1.165) is 35.3 Å². The summed E-state index contributed by atoms with van der Waals surface area (Å²) in [4.78, 5) is 40.5. The van der Waals surface area contributed by atoms with Crippen LogP contribution in [0.3, 0.4) is 0 Å². The van der Waals surface area contributed by atoms with E-state index < -0.39 is 15.4 Å². The molecular formula is C21H23BrIN3O4S. The van der Waals surface area contributed by atoms with E-state index in [1.807, 2.05) is 34.4 Å². The Morgan fingerprint density at radius 2 is 1.94 bits per heavy atom. The Morgan fingerprint density at radius 3 is 2.52 bits per heavy atom. The number of amides is 3. The summed E-state index contributed by atoms with van der Waals surface area (Å²) in [6.45, 7) is 3.11. The minimum Gasteiger partial charge on any atom is -0.396 e. The van der Waals surface area contributed by atoms with Crippen LogP contribution in [0.5, 0.6) is 0 Å². The lowest BCUT2D eigenvalue weighted by Crippen LogP contribution is -2.52. The number of benzene rings is 1. The van der Waals surface area contributed by atoms with Gasteiger partial charge in [0.1, 0.15) is 0 Å². The van der Waals surface area contributed by atoms with Gasteiger partial charge in [-0.3, -0.25) is 14.4 Å². The van der Waals surface area contributed by atoms with E-state index in [0.29, 0.717) is 16.1 Å². The summed E-state index contributed by atoms with van der Waals surface area (Å²) in [6.07, 6.45) is 2.09. The highest BCUT2D eigenvalue weighted by Crippen LogP contribution is 2.27. The summed E-state index contributed by atoms with van der Waals surface area (Å²) >= 11 is 6.43. The second kappa shape index (κ2) is 10.4. The molecule has 1 aliphatic rings. The molecule has 1 saturated heterocycles. The maximum atomic E-state index is 13.0. The number of aliphatic hydroxyl groups is 1. The smallest absolute Gasteiger partial charge is 0.262 e. The van der Waals surface area contributed by atoms with E-state index in [4.69, 9.17) is 0 Å². The molecule has 1 aromatic carbocycles. The van der Waals surface area contributed by atoms with Crippen LogP contribution in [0.1, 0.15) is 44.9 Å². The third kappa shape index (κ3) is 5.85. The van der Waals surface area contributed by atoms with Gasteiger partial charge in [0, 0.05) is 37.4 Å². The van der Waals surface area contributed by atoms with Crippen molar-refractivity contribution >= 4 is 73.3 Å². The second-order valence-electron chi connectivity index (χ2n) is 7.32. The molecule has 2 heterocycles. The average Bonchev–Trinajstić information content (AvgIpc) is 3.39. The molecule has 0 bridgehead atoms. The number of carbonyl (C=O) groups excluding carboxylic acids is 3. The molecule has 1 fully saturated rings. The molecule has 3 amide bonds. The molecule has 0 unspecified atom stereocenters. The van der Waals surface area contributed by atoms with Gasteiger partial charge in [-0.05, 0) is 94.2 Å². The molecule has 3 rings (SSSR count). The van der Waals surface area contributed by atoms with E-state index >= 15 is 0 Å². The van der Waals surface area contributed by atoms with Gasteiger partial charge in [0.15, 0.2) is 3.55 Å². The average molecular weight is 620 g/mol. The summed E-state index contributed by atoms with van der Waals surface area (Å²) in [5.41, 5.74) is 1.91. The zero-order valence-corrected chi connectivity index (χ0v) is 21.5. The normalized spacial score (nSPS) is 15.4. The standard InChI is InChI=1S/C21H23BrIN3O4S/c1-13-12-14(4-5-15(13)19(29)26-9-2-3-10-26)24-20(30)21(23,8-11-27)25-18(28)16-6-7-17(22)31-16/h4-7,12,27H,2-3,8-11H2,1H3,(H,24,30)(H,25,28)/t21-/m1/s1. The van der Waals surface area contributed by atoms with Gasteiger partial charge in [0.2, 0.25) is 0 Å². The lowest BCUT2D eigenvalue weighted by molar-refractivity contribution is -0.118. The molecule has 2 aromatic rings. The van der Waals surface area contributed by atoms with Crippen molar-refractivity contribution in [1.29, 1.82) is 0 Å². The molecule has 0 saturated carbocycles. The number of hydrogen-bond acceptors (Lipinski definition) is 5. The van der Waals surface area contributed by atoms with Crippen molar-refractivity contribution in [2.45, 2.75) is 29.7 Å². The minimum absolute atomic E-state index is 0.00534. The largest absolute Gasteiger partial charge is 0.396 e. The molecular weight excluding hydrogens is 597 g/mol. The van der Waals surface area contributed by atoms with Crippen molar-refractivity contribution in [2.24, 2.45) is 0 Å². The molecule has 0 aliphatic carbocycles. The SMILES string of the molecule is Cc1cc(NC(=O)[C@@](I)(CCO)NC(=O)c2ccc(Br)s2)ccc1C(=O)N1CCCC1. The van der Waals surface area contributed by atoms with Gasteiger partial charge in [-0.1, -0.05) is 0 Å². The molecule has 1 aliphatic heterocycles. The first-order valence-corrected chi connectivity index (χ1v) is 12.5. The highest BCUT2D eigenvalue weighted by Gasteiger charge is 2.37. The predicted molar refractivity (Wildman–Crippen MR) is 133 cm³/mol. The molecule has 7 nitrogen and oxygen atoms in total. The first kappa shape index (κ1) is 24.1. The zero-order valence-electron chi connectivity index (χ0n) is 16.9. The summed E-state index contributed by atoms with van der Waals surface area (Å²) in [5.74, 6) is -0.841. The maximum Gasteiger partial charge on any atom is 0.262 e. The van der Waals surface area contributed by atoms with Crippen LogP contribution < -0.4 is 10.6 Å². The number of hydrogen-bond donors (Lipinski definition) is 3. The van der Waals surface area contributed by atoms with Gasteiger partial charge in [-0.15, -0.1) is 11.3 Å². The van der Waals surface area contributed by atoms with Crippen LogP contribution in [0.4, 0.5) is 5.69 Å². The van der Waals surface area contributed by atoms with Crippen molar-refractivity contribution in [2.75, 3.05) is 25.0 Å². The lowest BCUT2D eigenvalue weighted by atomic mass is 10.1. The summed E-state index contributed by atoms with van der Waals surface area (Å²) < 4.78 is -0.528. The summed E-state index contributed by atoms with van der Waals surface area (Å²) in [7, 11) is 0. The van der Waals surface area contributed by atoms with Crippen LogP contribution in [-0.2, 0) is 4.79 Å². The van der Waals surface area contributed by atoms with Crippen molar-refractivity contribution in [1.82, 2.24) is 10.2 Å². The van der Waals surface area contributed by atoms with Crippen LogP contribution in [0.25, 0.3) is 0 Å². The Balaban J connectivity index is 1.73. The molecule has 1 aromatic heterocycles. The lowest BCUT2D eigenvalue weighted by Gasteiger charge is -2.27. The minimum atomic E-state index is -1.34. The van der Waals surface area contributed by atoms with Crippen LogP contribution in [0.15, 0.2) is 34.1 Å². The Morgan fingerprint density at radius 1 is 1.23 bits per heavy atom. The number of anilines is 1. The Kier molecular flexibility index (Phi) is 8.11. The van der Waals surface area contributed by atoms with Crippen LogP contribution >= 0.6 is 49.9 Å². The number of aryl methyl sites for hydroxylation is 1. The Labute approximate surface area is 206 Å². The van der Waals surface area contributed by atoms with Crippen molar-refractivity contribution in [3.63, 3.8) is 0 Å². The fourth-order valence-electron chi connectivity index (χ4n) is 3.37. The van der Waals surface area contributed by atoms with Gasteiger partial charge >= 0.3 is 0 Å². The number of halogens is 2. The number of alkyl halides is 1. The highest BCUT2D eigenvalue weighted by molar-refractivity contribution is 14.1. The Bertz CT molecular complexity index is 993.